The van der Waals surface area contributed by atoms with Crippen LogP contribution in [-0.2, 0) is 13.5 Å². The summed E-state index contributed by atoms with van der Waals surface area (Å²) >= 11 is 0. The van der Waals surface area contributed by atoms with E-state index in [9.17, 15) is 9.59 Å². The van der Waals surface area contributed by atoms with Crippen molar-refractivity contribution in [1.29, 1.82) is 0 Å². The van der Waals surface area contributed by atoms with Gasteiger partial charge in [-0.1, -0.05) is 19.8 Å². The second-order valence-corrected chi connectivity index (χ2v) is 6.22. The minimum atomic E-state index is -0.195. The van der Waals surface area contributed by atoms with Gasteiger partial charge in [-0.3, -0.25) is 9.59 Å². The van der Waals surface area contributed by atoms with Crippen molar-refractivity contribution in [3.05, 3.63) is 33.2 Å². The number of nitrogens with zero attached hydrogens (tertiary/aromatic N) is 1. The predicted octanol–water partition coefficient (Wildman–Crippen LogP) is 2.11. The molecule has 1 aromatic rings. The molecule has 3 rings (SSSR count). The lowest BCUT2D eigenvalue weighted by Crippen LogP contribution is -2.38. The molecule has 0 aromatic carbocycles. The monoisotopic (exact) mass is 274 g/mol. The molecule has 0 saturated heterocycles. The molecular weight excluding hydrogens is 252 g/mol. The van der Waals surface area contributed by atoms with Gasteiger partial charge in [0, 0.05) is 18.8 Å². The van der Waals surface area contributed by atoms with Gasteiger partial charge < -0.3 is 9.88 Å². The Bertz CT molecular complexity index is 597. The Morgan fingerprint density at radius 3 is 2.70 bits per heavy atom. The third-order valence-electron chi connectivity index (χ3n) is 4.85. The summed E-state index contributed by atoms with van der Waals surface area (Å²) in [5.41, 5.74) is 2.42. The first-order chi connectivity index (χ1) is 9.58. The van der Waals surface area contributed by atoms with Gasteiger partial charge >= 0.3 is 0 Å². The number of fused-ring (bicyclic) bond motifs is 1. The number of aromatic nitrogens is 1. The number of hydrogen-bond donors (Lipinski definition) is 1. The Morgan fingerprint density at radius 2 is 2.00 bits per heavy atom. The third kappa shape index (κ3) is 2.17. The van der Waals surface area contributed by atoms with Crippen LogP contribution in [0.4, 0.5) is 0 Å². The number of hydrogen-bond acceptors (Lipinski definition) is 2. The van der Waals surface area contributed by atoms with Crippen LogP contribution in [0.1, 0.15) is 66.6 Å². The van der Waals surface area contributed by atoms with Crippen molar-refractivity contribution in [3.8, 4) is 0 Å². The zero-order chi connectivity index (χ0) is 14.3. The third-order valence-corrected chi connectivity index (χ3v) is 4.85. The van der Waals surface area contributed by atoms with Gasteiger partial charge in [0.05, 0.1) is 0 Å². The molecule has 0 radical (unpaired) electrons. The molecule has 1 saturated carbocycles. The van der Waals surface area contributed by atoms with E-state index in [4.69, 9.17) is 0 Å². The van der Waals surface area contributed by atoms with Gasteiger partial charge in [0.1, 0.15) is 5.56 Å². The van der Waals surface area contributed by atoms with Gasteiger partial charge in [-0.05, 0) is 43.2 Å². The number of pyridine rings is 1. The van der Waals surface area contributed by atoms with E-state index in [1.54, 1.807) is 11.6 Å². The molecule has 1 N–H and O–H groups in total. The van der Waals surface area contributed by atoms with Crippen LogP contribution in [0, 0.1) is 0 Å². The van der Waals surface area contributed by atoms with Crippen LogP contribution in [0.15, 0.2) is 10.9 Å². The summed E-state index contributed by atoms with van der Waals surface area (Å²) < 4.78 is 1.67. The molecule has 20 heavy (non-hydrogen) atoms. The molecule has 0 spiro atoms. The van der Waals surface area contributed by atoms with Gasteiger partial charge in [0.15, 0.2) is 0 Å². The molecule has 1 amide bonds. The molecule has 1 aromatic heterocycles. The molecule has 108 valence electrons. The summed E-state index contributed by atoms with van der Waals surface area (Å²) in [6.45, 7) is 2.16. The second-order valence-electron chi connectivity index (χ2n) is 6.22. The van der Waals surface area contributed by atoms with Crippen LogP contribution < -0.4 is 10.9 Å². The van der Waals surface area contributed by atoms with Crippen LogP contribution in [0.25, 0.3) is 0 Å². The van der Waals surface area contributed by atoms with Crippen molar-refractivity contribution < 1.29 is 4.79 Å². The van der Waals surface area contributed by atoms with Crippen molar-refractivity contribution in [1.82, 2.24) is 9.88 Å². The number of rotatable bonds is 2. The maximum absolute atomic E-state index is 12.4. The average molecular weight is 274 g/mol. The Morgan fingerprint density at radius 1 is 1.30 bits per heavy atom. The Hall–Kier alpha value is -1.58. The largest absolute Gasteiger partial charge is 0.349 e. The first kappa shape index (κ1) is 13.4. The van der Waals surface area contributed by atoms with Crippen molar-refractivity contribution in [2.75, 3.05) is 0 Å². The fourth-order valence-corrected chi connectivity index (χ4v) is 3.54. The molecule has 0 bridgehead atoms. The second kappa shape index (κ2) is 5.08. The fraction of sp³-hybridized carbons (Fsp3) is 0.625. The number of amides is 1. The molecule has 4 nitrogen and oxygen atoms in total. The summed E-state index contributed by atoms with van der Waals surface area (Å²) in [7, 11) is 1.78. The van der Waals surface area contributed by atoms with Crippen LogP contribution in [0.2, 0.25) is 0 Å². The highest BCUT2D eigenvalue weighted by Crippen LogP contribution is 2.31. The SMILES string of the molecule is CC1CCc2c1cc(C(=O)NC1CCCC1)c(=O)n2C. The molecule has 1 atom stereocenters. The van der Waals surface area contributed by atoms with Gasteiger partial charge in [-0.15, -0.1) is 0 Å². The van der Waals surface area contributed by atoms with Gasteiger partial charge in [-0.25, -0.2) is 0 Å². The van der Waals surface area contributed by atoms with Crippen LogP contribution in [-0.4, -0.2) is 16.5 Å². The zero-order valence-electron chi connectivity index (χ0n) is 12.2. The molecule has 0 aliphatic heterocycles. The lowest BCUT2D eigenvalue weighted by atomic mass is 10.0. The first-order valence-electron chi connectivity index (χ1n) is 7.61. The summed E-state index contributed by atoms with van der Waals surface area (Å²) in [5, 5.41) is 3.02. The highest BCUT2D eigenvalue weighted by molar-refractivity contribution is 5.94. The summed E-state index contributed by atoms with van der Waals surface area (Å²) in [4.78, 5) is 24.7. The van der Waals surface area contributed by atoms with E-state index in [2.05, 4.69) is 12.2 Å². The summed E-state index contributed by atoms with van der Waals surface area (Å²) in [6.07, 6.45) is 6.41. The Balaban J connectivity index is 1.93. The minimum absolute atomic E-state index is 0.159. The van der Waals surface area contributed by atoms with E-state index in [1.807, 2.05) is 6.07 Å². The number of carbonyl (C=O) groups is 1. The molecule has 1 fully saturated rings. The van der Waals surface area contributed by atoms with Crippen LogP contribution >= 0.6 is 0 Å². The van der Waals surface area contributed by atoms with E-state index in [0.717, 1.165) is 31.4 Å². The standard InChI is InChI=1S/C16H22N2O2/c1-10-7-8-14-12(10)9-13(16(20)18(14)2)15(19)17-11-5-3-4-6-11/h9-11H,3-8H2,1-2H3,(H,17,19). The zero-order valence-corrected chi connectivity index (χ0v) is 12.2. The Kier molecular flexibility index (Phi) is 3.40. The van der Waals surface area contributed by atoms with E-state index in [0.29, 0.717) is 11.5 Å². The molecule has 2 aliphatic carbocycles. The smallest absolute Gasteiger partial charge is 0.263 e. The van der Waals surface area contributed by atoms with Gasteiger partial charge in [0.2, 0.25) is 0 Å². The summed E-state index contributed by atoms with van der Waals surface area (Å²) in [6, 6.07) is 2.08. The van der Waals surface area contributed by atoms with Crippen molar-refractivity contribution >= 4 is 5.91 Å². The molecule has 2 aliphatic rings. The number of carbonyl (C=O) groups excluding carboxylic acids is 1. The van der Waals surface area contributed by atoms with E-state index in [1.165, 1.54) is 18.4 Å². The quantitative estimate of drug-likeness (QED) is 0.898. The fourth-order valence-electron chi connectivity index (χ4n) is 3.54. The minimum Gasteiger partial charge on any atom is -0.349 e. The highest BCUT2D eigenvalue weighted by atomic mass is 16.2. The summed E-state index contributed by atoms with van der Waals surface area (Å²) in [5.74, 6) is 0.245. The highest BCUT2D eigenvalue weighted by Gasteiger charge is 2.26. The maximum atomic E-state index is 12.4. The van der Waals surface area contributed by atoms with Crippen LogP contribution in [0.3, 0.4) is 0 Å². The molecule has 1 heterocycles. The van der Waals surface area contributed by atoms with E-state index >= 15 is 0 Å². The lowest BCUT2D eigenvalue weighted by Gasteiger charge is -2.15. The molecular formula is C16H22N2O2. The van der Waals surface area contributed by atoms with E-state index in [-0.39, 0.29) is 17.5 Å². The van der Waals surface area contributed by atoms with Crippen molar-refractivity contribution in [3.63, 3.8) is 0 Å². The molecule has 4 heteroatoms. The van der Waals surface area contributed by atoms with Gasteiger partial charge in [0.25, 0.3) is 11.5 Å². The number of nitrogens with one attached hydrogen (secondary N) is 1. The lowest BCUT2D eigenvalue weighted by molar-refractivity contribution is 0.0935. The maximum Gasteiger partial charge on any atom is 0.263 e. The molecule has 1 unspecified atom stereocenters. The predicted molar refractivity (Wildman–Crippen MR) is 78.1 cm³/mol. The van der Waals surface area contributed by atoms with Crippen molar-refractivity contribution in [2.45, 2.75) is 57.4 Å². The van der Waals surface area contributed by atoms with E-state index < -0.39 is 0 Å². The average Bonchev–Trinajstić information content (AvgIpc) is 3.04. The van der Waals surface area contributed by atoms with Crippen LogP contribution in [0.5, 0.6) is 0 Å². The van der Waals surface area contributed by atoms with Crippen molar-refractivity contribution in [2.24, 2.45) is 7.05 Å². The van der Waals surface area contributed by atoms with Gasteiger partial charge in [-0.2, -0.15) is 0 Å². The topological polar surface area (TPSA) is 51.1 Å². The Labute approximate surface area is 119 Å². The normalized spacial score (nSPS) is 22.0. The first-order valence-corrected chi connectivity index (χ1v) is 7.61.